The van der Waals surface area contributed by atoms with Gasteiger partial charge in [0, 0.05) is 6.42 Å². The van der Waals surface area contributed by atoms with Crippen LogP contribution < -0.4 is 0 Å². The maximum atomic E-state index is 13.0. The van der Waals surface area contributed by atoms with Crippen LogP contribution in [-0.4, -0.2) is 36.0 Å². The number of hydrogen-bond donors (Lipinski definition) is 2. The van der Waals surface area contributed by atoms with Gasteiger partial charge in [0.15, 0.2) is 9.84 Å². The smallest absolute Gasteiger partial charge is 0.303 e. The summed E-state index contributed by atoms with van der Waals surface area (Å²) in [4.78, 5) is 10.8. The number of carboxylic acids is 1. The molecule has 2 N–H and O–H groups in total. The van der Waals surface area contributed by atoms with E-state index in [0.717, 1.165) is 5.56 Å². The number of aliphatic carboxylic acids is 1. The Morgan fingerprint density at radius 3 is 2.15 bits per heavy atom. The summed E-state index contributed by atoms with van der Waals surface area (Å²) in [6.45, 7) is 0. The summed E-state index contributed by atoms with van der Waals surface area (Å²) >= 11 is 0. The fourth-order valence-electron chi connectivity index (χ4n) is 2.60. The Labute approximate surface area is 153 Å². The van der Waals surface area contributed by atoms with Crippen molar-refractivity contribution in [3.05, 3.63) is 72.3 Å². The van der Waals surface area contributed by atoms with Crippen molar-refractivity contribution in [1.29, 1.82) is 0 Å². The fraction of sp³-hybridized carbons (Fsp3) is 0.250. The SMILES string of the molecule is O=C(O)CCCC(O)C(C=Cc1ccccc1)S(=O)(=O)c1ccccc1. The molecule has 138 valence electrons. The van der Waals surface area contributed by atoms with Crippen LogP contribution in [0, 0.1) is 0 Å². The van der Waals surface area contributed by atoms with Crippen molar-refractivity contribution in [3.8, 4) is 0 Å². The number of sulfone groups is 1. The Hall–Kier alpha value is -2.44. The minimum Gasteiger partial charge on any atom is -0.481 e. The highest BCUT2D eigenvalue weighted by atomic mass is 32.2. The summed E-state index contributed by atoms with van der Waals surface area (Å²) in [5.41, 5.74) is 0.818. The Balaban J connectivity index is 2.28. The Morgan fingerprint density at radius 2 is 1.58 bits per heavy atom. The van der Waals surface area contributed by atoms with Crippen molar-refractivity contribution in [2.45, 2.75) is 35.5 Å². The quantitative estimate of drug-likeness (QED) is 0.703. The van der Waals surface area contributed by atoms with Gasteiger partial charge in [0.2, 0.25) is 0 Å². The highest BCUT2D eigenvalue weighted by molar-refractivity contribution is 7.92. The molecular formula is C20H22O5S. The molecule has 0 fully saturated rings. The van der Waals surface area contributed by atoms with E-state index in [1.165, 1.54) is 18.2 Å². The molecule has 0 bridgehead atoms. The van der Waals surface area contributed by atoms with Crippen LogP contribution in [0.3, 0.4) is 0 Å². The molecule has 5 nitrogen and oxygen atoms in total. The lowest BCUT2D eigenvalue weighted by Gasteiger charge is -2.20. The summed E-state index contributed by atoms with van der Waals surface area (Å²) in [6.07, 6.45) is 2.12. The molecule has 0 aliphatic carbocycles. The van der Waals surface area contributed by atoms with Gasteiger partial charge in [-0.05, 0) is 30.5 Å². The molecule has 2 atom stereocenters. The molecule has 0 amide bonds. The standard InChI is InChI=1S/C20H22O5S/c21-18(12-7-13-20(22)23)19(15-14-16-8-3-1-4-9-16)26(24,25)17-10-5-2-6-11-17/h1-6,8-11,14-15,18-19,21H,7,12-13H2,(H,22,23). The van der Waals surface area contributed by atoms with E-state index in [4.69, 9.17) is 5.11 Å². The molecule has 0 radical (unpaired) electrons. The molecule has 6 heteroatoms. The van der Waals surface area contributed by atoms with Gasteiger partial charge in [0.1, 0.15) is 5.25 Å². The van der Waals surface area contributed by atoms with Crippen LogP contribution in [0.5, 0.6) is 0 Å². The predicted molar refractivity (Wildman–Crippen MR) is 100 cm³/mol. The molecule has 0 heterocycles. The molecule has 2 rings (SSSR count). The van der Waals surface area contributed by atoms with Crippen LogP contribution in [-0.2, 0) is 14.6 Å². The second-order valence-electron chi connectivity index (χ2n) is 5.95. The highest BCUT2D eigenvalue weighted by Crippen LogP contribution is 2.23. The fourth-order valence-corrected chi connectivity index (χ4v) is 4.29. The summed E-state index contributed by atoms with van der Waals surface area (Å²) in [5, 5.41) is 18.1. The van der Waals surface area contributed by atoms with Crippen LogP contribution in [0.2, 0.25) is 0 Å². The molecular weight excluding hydrogens is 352 g/mol. The molecule has 0 saturated heterocycles. The minimum absolute atomic E-state index is 0.0855. The number of carboxylic acid groups (broad SMARTS) is 1. The first-order chi connectivity index (χ1) is 12.4. The zero-order valence-corrected chi connectivity index (χ0v) is 15.0. The van der Waals surface area contributed by atoms with Crippen LogP contribution in [0.4, 0.5) is 0 Å². The van der Waals surface area contributed by atoms with Gasteiger partial charge in [-0.15, -0.1) is 0 Å². The molecule has 0 spiro atoms. The topological polar surface area (TPSA) is 91.7 Å². The number of hydrogen-bond acceptors (Lipinski definition) is 4. The van der Waals surface area contributed by atoms with Crippen molar-refractivity contribution in [1.82, 2.24) is 0 Å². The summed E-state index contributed by atoms with van der Waals surface area (Å²) in [7, 11) is -3.81. The third-order valence-corrected chi connectivity index (χ3v) is 6.09. The summed E-state index contributed by atoms with van der Waals surface area (Å²) in [6, 6.07) is 17.1. The molecule has 26 heavy (non-hydrogen) atoms. The molecule has 0 aromatic heterocycles. The molecule has 2 aromatic rings. The first kappa shape index (κ1) is 19.9. The zero-order chi connectivity index (χ0) is 19.0. The number of aliphatic hydroxyl groups is 1. The lowest BCUT2D eigenvalue weighted by atomic mass is 10.1. The van der Waals surface area contributed by atoms with Crippen molar-refractivity contribution >= 4 is 21.9 Å². The third kappa shape index (κ3) is 5.54. The Morgan fingerprint density at radius 1 is 1.00 bits per heavy atom. The van der Waals surface area contributed by atoms with Gasteiger partial charge in [0.05, 0.1) is 11.0 Å². The van der Waals surface area contributed by atoms with E-state index in [2.05, 4.69) is 0 Å². The first-order valence-corrected chi connectivity index (χ1v) is 9.88. The number of benzene rings is 2. The molecule has 2 aromatic carbocycles. The van der Waals surface area contributed by atoms with Crippen LogP contribution in [0.1, 0.15) is 24.8 Å². The molecule has 0 aliphatic rings. The van der Waals surface area contributed by atoms with E-state index in [0.29, 0.717) is 0 Å². The monoisotopic (exact) mass is 374 g/mol. The van der Waals surface area contributed by atoms with E-state index in [-0.39, 0.29) is 24.2 Å². The number of rotatable bonds is 9. The first-order valence-electron chi connectivity index (χ1n) is 8.33. The summed E-state index contributed by atoms with van der Waals surface area (Å²) in [5.74, 6) is -0.973. The second-order valence-corrected chi connectivity index (χ2v) is 8.05. The van der Waals surface area contributed by atoms with Gasteiger partial charge in [-0.2, -0.15) is 0 Å². The Bertz CT molecular complexity index is 829. The molecule has 0 aliphatic heterocycles. The van der Waals surface area contributed by atoms with Gasteiger partial charge < -0.3 is 10.2 Å². The zero-order valence-electron chi connectivity index (χ0n) is 14.2. The van der Waals surface area contributed by atoms with Gasteiger partial charge >= 0.3 is 5.97 Å². The number of carbonyl (C=O) groups is 1. The lowest BCUT2D eigenvalue weighted by molar-refractivity contribution is -0.137. The van der Waals surface area contributed by atoms with E-state index in [1.807, 2.05) is 30.3 Å². The average Bonchev–Trinajstić information content (AvgIpc) is 2.63. The predicted octanol–water partition coefficient (Wildman–Crippen LogP) is 3.16. The van der Waals surface area contributed by atoms with Crippen LogP contribution >= 0.6 is 0 Å². The maximum Gasteiger partial charge on any atom is 0.303 e. The third-order valence-electron chi connectivity index (χ3n) is 3.98. The van der Waals surface area contributed by atoms with Crippen molar-refractivity contribution in [2.24, 2.45) is 0 Å². The Kier molecular flexibility index (Phi) is 7.12. The van der Waals surface area contributed by atoms with Crippen molar-refractivity contribution in [2.75, 3.05) is 0 Å². The van der Waals surface area contributed by atoms with Crippen molar-refractivity contribution in [3.63, 3.8) is 0 Å². The van der Waals surface area contributed by atoms with Gasteiger partial charge in [0.25, 0.3) is 0 Å². The van der Waals surface area contributed by atoms with Crippen LogP contribution in [0.25, 0.3) is 6.08 Å². The number of aliphatic hydroxyl groups excluding tert-OH is 1. The lowest BCUT2D eigenvalue weighted by Crippen LogP contribution is -2.32. The largest absolute Gasteiger partial charge is 0.481 e. The van der Waals surface area contributed by atoms with E-state index in [9.17, 15) is 18.3 Å². The normalized spacial score (nSPS) is 14.2. The van der Waals surface area contributed by atoms with E-state index in [1.54, 1.807) is 24.3 Å². The van der Waals surface area contributed by atoms with Gasteiger partial charge in [-0.25, -0.2) is 8.42 Å². The average molecular weight is 374 g/mol. The molecule has 0 saturated carbocycles. The highest BCUT2D eigenvalue weighted by Gasteiger charge is 2.31. The minimum atomic E-state index is -3.81. The second kappa shape index (κ2) is 9.31. The maximum absolute atomic E-state index is 13.0. The summed E-state index contributed by atoms with van der Waals surface area (Å²) < 4.78 is 25.9. The van der Waals surface area contributed by atoms with Crippen molar-refractivity contribution < 1.29 is 23.4 Å². The van der Waals surface area contributed by atoms with Gasteiger partial charge in [-0.3, -0.25) is 4.79 Å². The van der Waals surface area contributed by atoms with E-state index >= 15 is 0 Å². The molecule has 2 unspecified atom stereocenters. The van der Waals surface area contributed by atoms with Crippen LogP contribution in [0.15, 0.2) is 71.6 Å². The van der Waals surface area contributed by atoms with E-state index < -0.39 is 27.2 Å². The van der Waals surface area contributed by atoms with Gasteiger partial charge in [-0.1, -0.05) is 60.7 Å².